The zero-order chi connectivity index (χ0) is 25.9. The summed E-state index contributed by atoms with van der Waals surface area (Å²) in [6, 6.07) is 14.4. The highest BCUT2D eigenvalue weighted by Gasteiger charge is 2.28. The SMILES string of the molecule is COC(=O)c1c(OCc2ccccn2)cc(=O)n2c1CCN(C(=O)c1ccc(C(C)(C)C)cc1)CC2. The van der Waals surface area contributed by atoms with Crippen molar-refractivity contribution >= 4 is 11.9 Å². The molecule has 3 aromatic rings. The zero-order valence-corrected chi connectivity index (χ0v) is 21.1. The number of aromatic nitrogens is 2. The summed E-state index contributed by atoms with van der Waals surface area (Å²) in [6.07, 6.45) is 1.96. The lowest BCUT2D eigenvalue weighted by molar-refractivity contribution is 0.0592. The van der Waals surface area contributed by atoms with Gasteiger partial charge in [0.25, 0.3) is 11.5 Å². The molecule has 0 saturated carbocycles. The molecule has 8 heteroatoms. The van der Waals surface area contributed by atoms with Crippen LogP contribution >= 0.6 is 0 Å². The molecule has 0 fully saturated rings. The molecular formula is C28H31N3O5. The smallest absolute Gasteiger partial charge is 0.343 e. The summed E-state index contributed by atoms with van der Waals surface area (Å²) in [7, 11) is 1.29. The molecule has 8 nitrogen and oxygen atoms in total. The number of hydrogen-bond donors (Lipinski definition) is 0. The van der Waals surface area contributed by atoms with E-state index in [1.54, 1.807) is 23.2 Å². The minimum atomic E-state index is -0.590. The molecule has 0 unspecified atom stereocenters. The van der Waals surface area contributed by atoms with Crippen molar-refractivity contribution in [2.45, 2.75) is 45.8 Å². The van der Waals surface area contributed by atoms with E-state index < -0.39 is 5.97 Å². The monoisotopic (exact) mass is 489 g/mol. The van der Waals surface area contributed by atoms with Gasteiger partial charge in [-0.1, -0.05) is 39.0 Å². The Kier molecular flexibility index (Phi) is 7.24. The number of amides is 1. The Morgan fingerprint density at radius 3 is 2.42 bits per heavy atom. The van der Waals surface area contributed by atoms with Gasteiger partial charge in [-0.25, -0.2) is 4.79 Å². The summed E-state index contributed by atoms with van der Waals surface area (Å²) >= 11 is 0. The maximum absolute atomic E-state index is 13.3. The average Bonchev–Trinajstić information content (AvgIpc) is 3.10. The Morgan fingerprint density at radius 2 is 1.78 bits per heavy atom. The highest BCUT2D eigenvalue weighted by atomic mass is 16.5. The largest absolute Gasteiger partial charge is 0.486 e. The van der Waals surface area contributed by atoms with Crippen LogP contribution in [0.4, 0.5) is 0 Å². The first-order valence-corrected chi connectivity index (χ1v) is 12.0. The molecule has 0 spiro atoms. The third-order valence-corrected chi connectivity index (χ3v) is 6.37. The Morgan fingerprint density at radius 1 is 1.03 bits per heavy atom. The van der Waals surface area contributed by atoms with Gasteiger partial charge in [0.1, 0.15) is 17.9 Å². The maximum Gasteiger partial charge on any atom is 0.343 e. The van der Waals surface area contributed by atoms with Gasteiger partial charge in [0.05, 0.1) is 12.8 Å². The summed E-state index contributed by atoms with van der Waals surface area (Å²) < 4.78 is 12.4. The van der Waals surface area contributed by atoms with Crippen molar-refractivity contribution in [1.82, 2.24) is 14.5 Å². The van der Waals surface area contributed by atoms with Gasteiger partial charge in [-0.2, -0.15) is 0 Å². The van der Waals surface area contributed by atoms with Gasteiger partial charge in [0.15, 0.2) is 0 Å². The minimum Gasteiger partial charge on any atom is -0.486 e. The van der Waals surface area contributed by atoms with Crippen LogP contribution in [0.3, 0.4) is 0 Å². The van der Waals surface area contributed by atoms with Crippen LogP contribution in [0.15, 0.2) is 59.5 Å². The number of esters is 1. The summed E-state index contributed by atoms with van der Waals surface area (Å²) in [5.74, 6) is -0.545. The molecule has 3 heterocycles. The summed E-state index contributed by atoms with van der Waals surface area (Å²) in [5.41, 5.74) is 2.81. The lowest BCUT2D eigenvalue weighted by Gasteiger charge is -2.22. The molecule has 1 aromatic carbocycles. The van der Waals surface area contributed by atoms with Crippen LogP contribution in [-0.2, 0) is 29.7 Å². The van der Waals surface area contributed by atoms with Crippen LogP contribution in [0, 0.1) is 0 Å². The third-order valence-electron chi connectivity index (χ3n) is 6.37. The van der Waals surface area contributed by atoms with Gasteiger partial charge in [-0.15, -0.1) is 0 Å². The van der Waals surface area contributed by atoms with Crippen LogP contribution in [0.5, 0.6) is 5.75 Å². The molecule has 0 saturated heterocycles. The number of carbonyl (C=O) groups excluding carboxylic acids is 2. The first-order valence-electron chi connectivity index (χ1n) is 12.0. The molecule has 1 aliphatic heterocycles. The van der Waals surface area contributed by atoms with Crippen LogP contribution in [0.25, 0.3) is 0 Å². The molecule has 0 aliphatic carbocycles. The van der Waals surface area contributed by atoms with Crippen LogP contribution in [0.2, 0.25) is 0 Å². The molecule has 0 bridgehead atoms. The van der Waals surface area contributed by atoms with Crippen LogP contribution in [-0.4, -0.2) is 46.5 Å². The van der Waals surface area contributed by atoms with Crippen molar-refractivity contribution in [3.63, 3.8) is 0 Å². The maximum atomic E-state index is 13.3. The van der Waals surface area contributed by atoms with Crippen LogP contribution < -0.4 is 10.3 Å². The number of fused-ring (bicyclic) bond motifs is 1. The van der Waals surface area contributed by atoms with Crippen molar-refractivity contribution < 1.29 is 19.1 Å². The van der Waals surface area contributed by atoms with E-state index in [0.29, 0.717) is 36.5 Å². The highest BCUT2D eigenvalue weighted by Crippen LogP contribution is 2.26. The second-order valence-corrected chi connectivity index (χ2v) is 9.79. The normalized spacial score (nSPS) is 13.5. The topological polar surface area (TPSA) is 90.7 Å². The van der Waals surface area contributed by atoms with Crippen LogP contribution in [0.1, 0.15) is 58.4 Å². The number of ether oxygens (including phenoxy) is 2. The first-order chi connectivity index (χ1) is 17.2. The van der Waals surface area contributed by atoms with Gasteiger partial charge in [-0.3, -0.25) is 14.6 Å². The lowest BCUT2D eigenvalue weighted by Crippen LogP contribution is -2.34. The number of benzene rings is 1. The van der Waals surface area contributed by atoms with Crippen molar-refractivity contribution in [2.75, 3.05) is 20.2 Å². The van der Waals surface area contributed by atoms with Crippen molar-refractivity contribution in [3.05, 3.63) is 93.2 Å². The predicted molar refractivity (Wildman–Crippen MR) is 135 cm³/mol. The fraction of sp³-hybridized carbons (Fsp3) is 0.357. The molecule has 0 N–H and O–H groups in total. The second kappa shape index (κ2) is 10.4. The third kappa shape index (κ3) is 5.32. The Hall–Kier alpha value is -3.94. The predicted octanol–water partition coefficient (Wildman–Crippen LogP) is 3.60. The summed E-state index contributed by atoms with van der Waals surface area (Å²) in [6.45, 7) is 7.45. The lowest BCUT2D eigenvalue weighted by atomic mass is 9.86. The number of hydrogen-bond acceptors (Lipinski definition) is 6. The quantitative estimate of drug-likeness (QED) is 0.509. The molecule has 36 heavy (non-hydrogen) atoms. The summed E-state index contributed by atoms with van der Waals surface area (Å²) in [4.78, 5) is 45.0. The zero-order valence-electron chi connectivity index (χ0n) is 21.1. The Bertz CT molecular complexity index is 1310. The molecule has 2 aromatic heterocycles. The van der Waals surface area contributed by atoms with E-state index in [1.807, 2.05) is 30.3 Å². The fourth-order valence-corrected chi connectivity index (χ4v) is 4.32. The second-order valence-electron chi connectivity index (χ2n) is 9.79. The number of rotatable bonds is 5. The number of carbonyl (C=O) groups is 2. The van der Waals surface area contributed by atoms with E-state index in [-0.39, 0.29) is 41.3 Å². The van der Waals surface area contributed by atoms with Crippen molar-refractivity contribution in [3.8, 4) is 5.75 Å². The average molecular weight is 490 g/mol. The van der Waals surface area contributed by atoms with E-state index in [0.717, 1.165) is 5.56 Å². The van der Waals surface area contributed by atoms with E-state index in [2.05, 4.69) is 25.8 Å². The fourth-order valence-electron chi connectivity index (χ4n) is 4.32. The molecule has 188 valence electrons. The van der Waals surface area contributed by atoms with Gasteiger partial charge in [0, 0.05) is 49.6 Å². The number of methoxy groups -OCH3 is 1. The summed E-state index contributed by atoms with van der Waals surface area (Å²) in [5, 5.41) is 0. The standard InChI is InChI=1S/C28H31N3O5/c1-28(2,3)20-10-8-19(9-11-20)26(33)30-14-12-22-25(27(34)35-4)23(17-24(32)31(22)16-15-30)36-18-21-7-5-6-13-29-21/h5-11,13,17H,12,14-16,18H2,1-4H3. The Balaban J connectivity index is 1.60. The molecule has 4 rings (SSSR count). The molecule has 1 aliphatic rings. The Labute approximate surface area is 210 Å². The molecular weight excluding hydrogens is 458 g/mol. The van der Waals surface area contributed by atoms with Gasteiger partial charge >= 0.3 is 5.97 Å². The van der Waals surface area contributed by atoms with E-state index in [9.17, 15) is 14.4 Å². The molecule has 0 atom stereocenters. The van der Waals surface area contributed by atoms with Gasteiger partial charge < -0.3 is 18.9 Å². The van der Waals surface area contributed by atoms with Crippen molar-refractivity contribution in [2.24, 2.45) is 0 Å². The van der Waals surface area contributed by atoms with E-state index in [1.165, 1.54) is 17.7 Å². The van der Waals surface area contributed by atoms with E-state index in [4.69, 9.17) is 9.47 Å². The number of pyridine rings is 2. The minimum absolute atomic E-state index is 0.00632. The number of nitrogens with zero attached hydrogens (tertiary/aromatic N) is 3. The molecule has 1 amide bonds. The van der Waals surface area contributed by atoms with Gasteiger partial charge in [-0.05, 0) is 35.2 Å². The highest BCUT2D eigenvalue weighted by molar-refractivity contribution is 5.95. The van der Waals surface area contributed by atoms with Gasteiger partial charge in [0.2, 0.25) is 0 Å². The molecule has 0 radical (unpaired) electrons. The van der Waals surface area contributed by atoms with E-state index >= 15 is 0 Å². The van der Waals surface area contributed by atoms with Crippen molar-refractivity contribution in [1.29, 1.82) is 0 Å². The first kappa shape index (κ1) is 25.2.